The molecule has 0 aliphatic carbocycles. The Kier molecular flexibility index (Phi) is 5.91. The van der Waals surface area contributed by atoms with E-state index in [0.717, 1.165) is 16.7 Å². The highest BCUT2D eigenvalue weighted by Gasteiger charge is 2.36. The maximum absolute atomic E-state index is 13.1. The zero-order valence-corrected chi connectivity index (χ0v) is 20.4. The number of benzene rings is 2. The zero-order valence-electron chi connectivity index (χ0n) is 20.4. The molecule has 11 nitrogen and oxygen atoms in total. The van der Waals surface area contributed by atoms with Gasteiger partial charge in [-0.2, -0.15) is 4.52 Å². The van der Waals surface area contributed by atoms with Crippen molar-refractivity contribution in [3.8, 4) is 0 Å². The summed E-state index contributed by atoms with van der Waals surface area (Å²) in [4.78, 5) is 32.8. The molecule has 1 aliphatic heterocycles. The van der Waals surface area contributed by atoms with Crippen molar-refractivity contribution in [3.63, 3.8) is 0 Å². The van der Waals surface area contributed by atoms with Crippen molar-refractivity contribution in [1.29, 1.82) is 0 Å². The topological polar surface area (TPSA) is 129 Å². The monoisotopic (exact) mass is 488 g/mol. The number of anilines is 2. The molecule has 11 heteroatoms. The molecule has 1 fully saturated rings. The van der Waals surface area contributed by atoms with Crippen LogP contribution in [0.15, 0.2) is 48.5 Å². The number of hydrogen-bond donors (Lipinski definition) is 2. The van der Waals surface area contributed by atoms with Gasteiger partial charge in [0.05, 0.1) is 11.0 Å². The van der Waals surface area contributed by atoms with Gasteiger partial charge in [-0.1, -0.05) is 12.1 Å². The Bertz CT molecular complexity index is 1420. The van der Waals surface area contributed by atoms with Crippen LogP contribution in [0, 0.1) is 0 Å². The average molecular weight is 489 g/mol. The van der Waals surface area contributed by atoms with E-state index >= 15 is 0 Å². The van der Waals surface area contributed by atoms with E-state index in [9.17, 15) is 14.7 Å². The molecule has 5 rings (SSSR count). The van der Waals surface area contributed by atoms with Crippen LogP contribution >= 0.6 is 0 Å². The highest BCUT2D eigenvalue weighted by Crippen LogP contribution is 2.26. The quantitative estimate of drug-likeness (QED) is 0.444. The second-order valence-corrected chi connectivity index (χ2v) is 9.91. The number of tetrazole rings is 1. The number of likely N-dealkylation sites (tertiary alicyclic amines) is 1. The van der Waals surface area contributed by atoms with E-state index in [-0.39, 0.29) is 11.9 Å². The molecule has 0 radical (unpaired) electrons. The van der Waals surface area contributed by atoms with Gasteiger partial charge in [-0.3, -0.25) is 4.79 Å². The molecule has 2 amide bonds. The Balaban J connectivity index is 1.28. The minimum atomic E-state index is -0.921. The van der Waals surface area contributed by atoms with Gasteiger partial charge in [0.15, 0.2) is 5.82 Å². The Morgan fingerprint density at radius 2 is 1.75 bits per heavy atom. The molecule has 0 bridgehead atoms. The molecule has 0 saturated carbocycles. The number of para-hydroxylation sites is 2. The summed E-state index contributed by atoms with van der Waals surface area (Å²) in [5.41, 5.74) is 2.90. The summed E-state index contributed by atoms with van der Waals surface area (Å²) in [5.74, 6) is 0.451. The molecule has 2 aromatic carbocycles. The van der Waals surface area contributed by atoms with Crippen molar-refractivity contribution < 1.29 is 14.7 Å². The van der Waals surface area contributed by atoms with Gasteiger partial charge in [-0.25, -0.2) is 9.78 Å². The van der Waals surface area contributed by atoms with Crippen LogP contribution in [0.5, 0.6) is 0 Å². The van der Waals surface area contributed by atoms with Gasteiger partial charge >= 0.3 is 6.09 Å². The molecule has 0 spiro atoms. The molecule has 36 heavy (non-hydrogen) atoms. The van der Waals surface area contributed by atoms with Crippen LogP contribution in [-0.4, -0.2) is 76.6 Å². The molecule has 2 N–H and O–H groups in total. The van der Waals surface area contributed by atoms with Crippen molar-refractivity contribution in [1.82, 2.24) is 34.8 Å². The minimum absolute atomic E-state index is 0.0643. The number of hydrogen-bond acceptors (Lipinski definition) is 7. The lowest BCUT2D eigenvalue weighted by molar-refractivity contribution is 0.0384. The van der Waals surface area contributed by atoms with E-state index in [1.54, 1.807) is 21.5 Å². The Labute approximate surface area is 207 Å². The molecular weight excluding hydrogens is 460 g/mol. The number of fused-ring (bicyclic) bond motifs is 3. The molecule has 4 aromatic rings. The highest BCUT2D eigenvalue weighted by molar-refractivity contribution is 5.95. The maximum atomic E-state index is 13.1. The third kappa shape index (κ3) is 4.39. The summed E-state index contributed by atoms with van der Waals surface area (Å²) in [6, 6.07) is 14.7. The van der Waals surface area contributed by atoms with E-state index in [4.69, 9.17) is 0 Å². The van der Waals surface area contributed by atoms with Gasteiger partial charge in [-0.05, 0) is 80.4 Å². The normalized spacial score (nSPS) is 14.8. The van der Waals surface area contributed by atoms with Crippen molar-refractivity contribution in [2.75, 3.05) is 18.4 Å². The fraction of sp³-hybridized carbons (Fsp3) is 0.360. The molecule has 1 aliphatic rings. The number of nitrogens with zero attached hydrogens (tertiary/aromatic N) is 7. The van der Waals surface area contributed by atoms with E-state index in [0.29, 0.717) is 43.0 Å². The number of piperidine rings is 1. The van der Waals surface area contributed by atoms with E-state index < -0.39 is 11.6 Å². The van der Waals surface area contributed by atoms with Crippen LogP contribution in [-0.2, 0) is 0 Å². The first kappa shape index (κ1) is 23.5. The first-order chi connectivity index (χ1) is 17.2. The maximum Gasteiger partial charge on any atom is 0.407 e. The van der Waals surface area contributed by atoms with Crippen LogP contribution in [0.1, 0.15) is 44.0 Å². The zero-order chi connectivity index (χ0) is 25.4. The molecule has 186 valence electrons. The van der Waals surface area contributed by atoms with Gasteiger partial charge in [0, 0.05) is 35.9 Å². The lowest BCUT2D eigenvalue weighted by Gasteiger charge is -2.43. The largest absolute Gasteiger partial charge is 0.465 e. The fourth-order valence-corrected chi connectivity index (χ4v) is 4.82. The van der Waals surface area contributed by atoms with Crippen molar-refractivity contribution in [2.24, 2.45) is 0 Å². The molecule has 2 aromatic heterocycles. The summed E-state index contributed by atoms with van der Waals surface area (Å²) >= 11 is 0. The second kappa shape index (κ2) is 9.06. The first-order valence-electron chi connectivity index (χ1n) is 11.9. The minimum Gasteiger partial charge on any atom is -0.465 e. The molecule has 3 heterocycles. The summed E-state index contributed by atoms with van der Waals surface area (Å²) in [7, 11) is 0. The lowest BCUT2D eigenvalue weighted by Crippen LogP contribution is -2.55. The van der Waals surface area contributed by atoms with Crippen molar-refractivity contribution in [2.45, 2.75) is 45.2 Å². The third-order valence-electron chi connectivity index (χ3n) is 6.46. The summed E-state index contributed by atoms with van der Waals surface area (Å²) < 4.78 is 1.64. The standard InChI is InChI=1S/C25H28N8O3/c1-25(2,3)32(24(35)36)18-12-14-31(15-13-18)23(34)16-8-10-17(11-9-16)26-21-22-28-29-30-33(22)20-7-5-4-6-19(20)27-21/h4-11,18H,12-15H2,1-3H3,(H,26,27)(H,35,36). The number of amides is 2. The average Bonchev–Trinajstić information content (AvgIpc) is 3.34. The number of rotatable bonds is 4. The van der Waals surface area contributed by atoms with Crippen LogP contribution in [0.3, 0.4) is 0 Å². The Hall–Kier alpha value is -4.28. The van der Waals surface area contributed by atoms with Gasteiger partial charge < -0.3 is 20.2 Å². The van der Waals surface area contributed by atoms with Crippen LogP contribution in [0.2, 0.25) is 0 Å². The first-order valence-corrected chi connectivity index (χ1v) is 11.9. The van der Waals surface area contributed by atoms with Gasteiger partial charge in [-0.15, -0.1) is 5.10 Å². The van der Waals surface area contributed by atoms with Gasteiger partial charge in [0.25, 0.3) is 5.91 Å². The predicted molar refractivity (Wildman–Crippen MR) is 134 cm³/mol. The van der Waals surface area contributed by atoms with E-state index in [1.165, 1.54) is 4.90 Å². The number of carbonyl (C=O) groups excluding carboxylic acids is 1. The number of carboxylic acid groups (broad SMARTS) is 1. The van der Waals surface area contributed by atoms with E-state index in [1.807, 2.05) is 57.2 Å². The third-order valence-corrected chi connectivity index (χ3v) is 6.46. The van der Waals surface area contributed by atoms with Crippen molar-refractivity contribution in [3.05, 3.63) is 54.1 Å². The Morgan fingerprint density at radius 1 is 1.06 bits per heavy atom. The van der Waals surface area contributed by atoms with Gasteiger partial charge in [0.2, 0.25) is 5.65 Å². The van der Waals surface area contributed by atoms with Crippen molar-refractivity contribution >= 4 is 40.2 Å². The molecule has 0 atom stereocenters. The number of aromatic nitrogens is 5. The molecular formula is C25H28N8O3. The smallest absolute Gasteiger partial charge is 0.407 e. The molecule has 0 unspecified atom stereocenters. The lowest BCUT2D eigenvalue weighted by atomic mass is 9.96. The summed E-state index contributed by atoms with van der Waals surface area (Å²) in [5, 5.41) is 24.9. The summed E-state index contributed by atoms with van der Waals surface area (Å²) in [6.45, 7) is 6.72. The van der Waals surface area contributed by atoms with E-state index in [2.05, 4.69) is 25.8 Å². The highest BCUT2D eigenvalue weighted by atomic mass is 16.4. The summed E-state index contributed by atoms with van der Waals surface area (Å²) in [6.07, 6.45) is 0.311. The SMILES string of the molecule is CC(C)(C)N(C(=O)O)C1CCN(C(=O)c2ccc(Nc3nc4ccccc4n4nnnc34)cc2)CC1. The van der Waals surface area contributed by atoms with Crippen LogP contribution in [0.25, 0.3) is 16.7 Å². The fourth-order valence-electron chi connectivity index (χ4n) is 4.82. The van der Waals surface area contributed by atoms with Crippen LogP contribution in [0.4, 0.5) is 16.3 Å². The Morgan fingerprint density at radius 3 is 2.42 bits per heavy atom. The number of nitrogens with one attached hydrogen (secondary N) is 1. The number of carbonyl (C=O) groups is 2. The van der Waals surface area contributed by atoms with Gasteiger partial charge in [0.1, 0.15) is 0 Å². The second-order valence-electron chi connectivity index (χ2n) is 9.91. The van der Waals surface area contributed by atoms with Crippen LogP contribution < -0.4 is 5.32 Å². The predicted octanol–water partition coefficient (Wildman–Crippen LogP) is 3.80. The molecule has 1 saturated heterocycles.